The average molecular weight is 358 g/mol. The zero-order valence-corrected chi connectivity index (χ0v) is 12.5. The molecule has 104 valence electrons. The Labute approximate surface area is 128 Å². The molecule has 0 saturated carbocycles. The Kier molecular flexibility index (Phi) is 4.59. The molecule has 20 heavy (non-hydrogen) atoms. The Morgan fingerprint density at radius 1 is 1.30 bits per heavy atom. The van der Waals surface area contributed by atoms with E-state index in [-0.39, 0.29) is 10.7 Å². The number of nitro benzene ring substituents is 1. The molecule has 0 unspecified atom stereocenters. The molecule has 0 amide bonds. The van der Waals surface area contributed by atoms with Gasteiger partial charge in [0.2, 0.25) is 0 Å². The summed E-state index contributed by atoms with van der Waals surface area (Å²) in [6.45, 7) is 0.433. The molecule has 2 rings (SSSR count). The van der Waals surface area contributed by atoms with Crippen LogP contribution in [0, 0.1) is 10.1 Å². The molecule has 0 spiro atoms. The van der Waals surface area contributed by atoms with Crippen LogP contribution in [0.1, 0.15) is 5.56 Å². The molecular weight excluding hydrogens is 348 g/mol. The van der Waals surface area contributed by atoms with Gasteiger partial charge in [0, 0.05) is 18.7 Å². The number of halogens is 2. The SMILES string of the molecule is NCc1ccc(Oc2ccc([N+](=O)[O-])c(Cl)c2)c(Br)c1. The maximum Gasteiger partial charge on any atom is 0.288 e. The number of nitrogens with two attached hydrogens (primary N) is 1. The summed E-state index contributed by atoms with van der Waals surface area (Å²) in [5, 5.41) is 10.7. The van der Waals surface area contributed by atoms with E-state index in [4.69, 9.17) is 22.1 Å². The van der Waals surface area contributed by atoms with Crippen LogP contribution >= 0.6 is 27.5 Å². The van der Waals surface area contributed by atoms with Crippen LogP contribution in [-0.4, -0.2) is 4.92 Å². The Morgan fingerprint density at radius 3 is 2.60 bits per heavy atom. The molecule has 0 aliphatic rings. The molecular formula is C13H10BrClN2O3. The van der Waals surface area contributed by atoms with E-state index in [1.165, 1.54) is 18.2 Å². The van der Waals surface area contributed by atoms with Gasteiger partial charge in [-0.15, -0.1) is 0 Å². The van der Waals surface area contributed by atoms with Gasteiger partial charge in [-0.25, -0.2) is 0 Å². The molecule has 0 aliphatic carbocycles. The van der Waals surface area contributed by atoms with Crippen molar-refractivity contribution >= 4 is 33.2 Å². The number of ether oxygens (including phenoxy) is 1. The van der Waals surface area contributed by atoms with Gasteiger partial charge in [-0.2, -0.15) is 0 Å². The molecule has 0 aromatic heterocycles. The molecule has 2 aromatic carbocycles. The quantitative estimate of drug-likeness (QED) is 0.655. The molecule has 0 atom stereocenters. The summed E-state index contributed by atoms with van der Waals surface area (Å²) in [5.41, 5.74) is 6.35. The van der Waals surface area contributed by atoms with Crippen molar-refractivity contribution in [2.24, 2.45) is 5.73 Å². The summed E-state index contributed by atoms with van der Waals surface area (Å²) >= 11 is 9.21. The van der Waals surface area contributed by atoms with Crippen molar-refractivity contribution in [2.45, 2.75) is 6.54 Å². The van der Waals surface area contributed by atoms with E-state index < -0.39 is 4.92 Å². The van der Waals surface area contributed by atoms with Crippen molar-refractivity contribution in [3.05, 3.63) is 61.6 Å². The van der Waals surface area contributed by atoms with Crippen LogP contribution < -0.4 is 10.5 Å². The molecule has 0 bridgehead atoms. The maximum absolute atomic E-state index is 10.7. The lowest BCUT2D eigenvalue weighted by atomic mass is 10.2. The molecule has 0 heterocycles. The van der Waals surface area contributed by atoms with Crippen molar-refractivity contribution in [3.8, 4) is 11.5 Å². The minimum absolute atomic E-state index is 0.0298. The van der Waals surface area contributed by atoms with E-state index >= 15 is 0 Å². The van der Waals surface area contributed by atoms with E-state index in [9.17, 15) is 10.1 Å². The van der Waals surface area contributed by atoms with Gasteiger partial charge < -0.3 is 10.5 Å². The average Bonchev–Trinajstić information content (AvgIpc) is 2.40. The minimum atomic E-state index is -0.544. The van der Waals surface area contributed by atoms with Gasteiger partial charge in [0.05, 0.1) is 9.40 Å². The zero-order valence-electron chi connectivity index (χ0n) is 10.2. The molecule has 0 fully saturated rings. The lowest BCUT2D eigenvalue weighted by Gasteiger charge is -2.09. The van der Waals surface area contributed by atoms with E-state index in [0.717, 1.165) is 10.0 Å². The van der Waals surface area contributed by atoms with Gasteiger partial charge >= 0.3 is 0 Å². The standard InChI is InChI=1S/C13H10BrClN2O3/c14-10-5-8(7-16)1-4-13(10)20-9-2-3-12(17(18)19)11(15)6-9/h1-6H,7,16H2. The second kappa shape index (κ2) is 6.21. The third-order valence-corrected chi connectivity index (χ3v) is 3.50. The highest BCUT2D eigenvalue weighted by Gasteiger charge is 2.13. The third-order valence-electron chi connectivity index (χ3n) is 2.58. The van der Waals surface area contributed by atoms with Crippen LogP contribution in [-0.2, 0) is 6.54 Å². The highest BCUT2D eigenvalue weighted by molar-refractivity contribution is 9.10. The zero-order chi connectivity index (χ0) is 14.7. The molecule has 0 radical (unpaired) electrons. The monoisotopic (exact) mass is 356 g/mol. The Hall–Kier alpha value is -1.63. The molecule has 5 nitrogen and oxygen atoms in total. The van der Waals surface area contributed by atoms with Crippen LogP contribution in [0.2, 0.25) is 5.02 Å². The Bertz CT molecular complexity index is 664. The second-order valence-corrected chi connectivity index (χ2v) is 5.20. The van der Waals surface area contributed by atoms with Crippen molar-refractivity contribution < 1.29 is 9.66 Å². The first-order valence-electron chi connectivity index (χ1n) is 5.61. The van der Waals surface area contributed by atoms with Crippen LogP contribution in [0.4, 0.5) is 5.69 Å². The first-order valence-corrected chi connectivity index (χ1v) is 6.78. The number of nitrogens with zero attached hydrogens (tertiary/aromatic N) is 1. The third kappa shape index (κ3) is 3.27. The number of benzene rings is 2. The smallest absolute Gasteiger partial charge is 0.288 e. The van der Waals surface area contributed by atoms with E-state index in [2.05, 4.69) is 15.9 Å². The van der Waals surface area contributed by atoms with Crippen molar-refractivity contribution in [2.75, 3.05) is 0 Å². The Morgan fingerprint density at radius 2 is 2.05 bits per heavy atom. The maximum atomic E-state index is 10.7. The minimum Gasteiger partial charge on any atom is -0.456 e. The Balaban J connectivity index is 2.26. The van der Waals surface area contributed by atoms with Gasteiger partial charge in [-0.3, -0.25) is 10.1 Å². The molecule has 0 aliphatic heterocycles. The normalized spacial score (nSPS) is 10.3. The van der Waals surface area contributed by atoms with Gasteiger partial charge in [0.25, 0.3) is 5.69 Å². The predicted molar refractivity (Wildman–Crippen MR) is 80.2 cm³/mol. The number of hydrogen-bond acceptors (Lipinski definition) is 4. The lowest BCUT2D eigenvalue weighted by molar-refractivity contribution is -0.384. The number of hydrogen-bond donors (Lipinski definition) is 1. The van der Waals surface area contributed by atoms with Gasteiger partial charge in [-0.1, -0.05) is 17.7 Å². The van der Waals surface area contributed by atoms with Crippen molar-refractivity contribution in [1.29, 1.82) is 0 Å². The van der Waals surface area contributed by atoms with Crippen LogP contribution in [0.3, 0.4) is 0 Å². The first kappa shape index (κ1) is 14.8. The fourth-order valence-corrected chi connectivity index (χ4v) is 2.33. The lowest BCUT2D eigenvalue weighted by Crippen LogP contribution is -1.96. The summed E-state index contributed by atoms with van der Waals surface area (Å²) in [6, 6.07) is 9.66. The molecule has 2 N–H and O–H groups in total. The fourth-order valence-electron chi connectivity index (χ4n) is 1.58. The van der Waals surface area contributed by atoms with Crippen LogP contribution in [0.5, 0.6) is 11.5 Å². The van der Waals surface area contributed by atoms with Crippen molar-refractivity contribution in [1.82, 2.24) is 0 Å². The second-order valence-electron chi connectivity index (χ2n) is 3.94. The number of rotatable bonds is 4. The van der Waals surface area contributed by atoms with Crippen molar-refractivity contribution in [3.63, 3.8) is 0 Å². The highest BCUT2D eigenvalue weighted by Crippen LogP contribution is 2.34. The topological polar surface area (TPSA) is 78.4 Å². The number of nitro groups is 1. The molecule has 7 heteroatoms. The van der Waals surface area contributed by atoms with E-state index in [1.54, 1.807) is 6.07 Å². The summed E-state index contributed by atoms with van der Waals surface area (Å²) in [5.74, 6) is 0.994. The summed E-state index contributed by atoms with van der Waals surface area (Å²) in [6.07, 6.45) is 0. The summed E-state index contributed by atoms with van der Waals surface area (Å²) < 4.78 is 6.37. The molecule has 0 saturated heterocycles. The van der Waals surface area contributed by atoms with Gasteiger partial charge in [-0.05, 0) is 39.7 Å². The first-order chi connectivity index (χ1) is 9.51. The van der Waals surface area contributed by atoms with Crippen LogP contribution in [0.15, 0.2) is 40.9 Å². The molecule has 2 aromatic rings. The largest absolute Gasteiger partial charge is 0.456 e. The summed E-state index contributed by atoms with van der Waals surface area (Å²) in [7, 11) is 0. The summed E-state index contributed by atoms with van der Waals surface area (Å²) in [4.78, 5) is 10.1. The van der Waals surface area contributed by atoms with E-state index in [1.807, 2.05) is 12.1 Å². The van der Waals surface area contributed by atoms with E-state index in [0.29, 0.717) is 18.0 Å². The predicted octanol–water partition coefficient (Wildman–Crippen LogP) is 4.26. The van der Waals surface area contributed by atoms with Crippen LogP contribution in [0.25, 0.3) is 0 Å². The van der Waals surface area contributed by atoms with Gasteiger partial charge in [0.15, 0.2) is 0 Å². The highest BCUT2D eigenvalue weighted by atomic mass is 79.9. The van der Waals surface area contributed by atoms with Gasteiger partial charge in [0.1, 0.15) is 16.5 Å². The fraction of sp³-hybridized carbons (Fsp3) is 0.0769.